The SMILES string of the molecule is N#Cc1cccc(N2CCC(Nc3ccnc(N4CCOCC4)n3)C2)c1. The highest BCUT2D eigenvalue weighted by Crippen LogP contribution is 2.23. The van der Waals surface area contributed by atoms with Crippen LogP contribution in [0.25, 0.3) is 0 Å². The van der Waals surface area contributed by atoms with Crippen molar-refractivity contribution in [3.05, 3.63) is 42.1 Å². The third-order valence-electron chi connectivity index (χ3n) is 4.82. The molecule has 0 spiro atoms. The molecule has 1 unspecified atom stereocenters. The van der Waals surface area contributed by atoms with Gasteiger partial charge in [-0.05, 0) is 30.7 Å². The molecule has 7 heteroatoms. The van der Waals surface area contributed by atoms with Crippen molar-refractivity contribution in [3.63, 3.8) is 0 Å². The number of rotatable bonds is 4. The monoisotopic (exact) mass is 350 g/mol. The predicted octanol–water partition coefficient (Wildman–Crippen LogP) is 1.88. The van der Waals surface area contributed by atoms with Crippen LogP contribution in [0.5, 0.6) is 0 Å². The van der Waals surface area contributed by atoms with E-state index in [9.17, 15) is 0 Å². The molecule has 2 fully saturated rings. The molecule has 1 N–H and O–H groups in total. The van der Waals surface area contributed by atoms with Crippen LogP contribution in [-0.4, -0.2) is 55.4 Å². The van der Waals surface area contributed by atoms with Crippen LogP contribution in [0.2, 0.25) is 0 Å². The Morgan fingerprint density at radius 2 is 2.04 bits per heavy atom. The number of aromatic nitrogens is 2. The van der Waals surface area contributed by atoms with E-state index in [4.69, 9.17) is 10.00 Å². The number of ether oxygens (including phenoxy) is 1. The number of hydrogen-bond acceptors (Lipinski definition) is 7. The number of nitriles is 1. The summed E-state index contributed by atoms with van der Waals surface area (Å²) in [6.45, 7) is 4.96. The average Bonchev–Trinajstić information content (AvgIpc) is 3.17. The molecule has 26 heavy (non-hydrogen) atoms. The van der Waals surface area contributed by atoms with Crippen LogP contribution in [0.3, 0.4) is 0 Å². The second-order valence-corrected chi connectivity index (χ2v) is 6.58. The largest absolute Gasteiger partial charge is 0.378 e. The summed E-state index contributed by atoms with van der Waals surface area (Å²) < 4.78 is 5.39. The molecule has 0 saturated carbocycles. The van der Waals surface area contributed by atoms with Crippen molar-refractivity contribution in [2.45, 2.75) is 12.5 Å². The highest BCUT2D eigenvalue weighted by molar-refractivity contribution is 5.53. The summed E-state index contributed by atoms with van der Waals surface area (Å²) >= 11 is 0. The molecule has 7 nitrogen and oxygen atoms in total. The van der Waals surface area contributed by atoms with Crippen molar-refractivity contribution < 1.29 is 4.74 Å². The van der Waals surface area contributed by atoms with E-state index in [0.717, 1.165) is 63.3 Å². The zero-order valence-corrected chi connectivity index (χ0v) is 14.6. The summed E-state index contributed by atoms with van der Waals surface area (Å²) in [6.07, 6.45) is 2.84. The average molecular weight is 350 g/mol. The van der Waals surface area contributed by atoms with Gasteiger partial charge >= 0.3 is 0 Å². The zero-order valence-electron chi connectivity index (χ0n) is 14.6. The Hall–Kier alpha value is -2.85. The van der Waals surface area contributed by atoms with E-state index in [0.29, 0.717) is 11.6 Å². The van der Waals surface area contributed by atoms with Crippen LogP contribution in [0.15, 0.2) is 36.5 Å². The van der Waals surface area contributed by atoms with Gasteiger partial charge in [0.15, 0.2) is 0 Å². The van der Waals surface area contributed by atoms with E-state index in [1.807, 2.05) is 30.5 Å². The highest BCUT2D eigenvalue weighted by Gasteiger charge is 2.23. The molecule has 0 amide bonds. The Kier molecular flexibility index (Phi) is 4.84. The molecule has 1 atom stereocenters. The maximum Gasteiger partial charge on any atom is 0.227 e. The maximum absolute atomic E-state index is 9.08. The predicted molar refractivity (Wildman–Crippen MR) is 100 cm³/mol. The van der Waals surface area contributed by atoms with Gasteiger partial charge in [0.05, 0.1) is 24.8 Å². The fourth-order valence-corrected chi connectivity index (χ4v) is 3.44. The van der Waals surface area contributed by atoms with E-state index < -0.39 is 0 Å². The Morgan fingerprint density at radius 3 is 2.88 bits per heavy atom. The molecule has 2 aliphatic rings. The van der Waals surface area contributed by atoms with Gasteiger partial charge in [-0.2, -0.15) is 10.2 Å². The van der Waals surface area contributed by atoms with E-state index in [2.05, 4.69) is 37.2 Å². The van der Waals surface area contributed by atoms with Gasteiger partial charge < -0.3 is 19.9 Å². The van der Waals surface area contributed by atoms with Crippen LogP contribution in [0, 0.1) is 11.3 Å². The quantitative estimate of drug-likeness (QED) is 0.902. The van der Waals surface area contributed by atoms with E-state index >= 15 is 0 Å². The van der Waals surface area contributed by atoms with Crippen molar-refractivity contribution in [3.8, 4) is 6.07 Å². The number of nitrogens with one attached hydrogen (secondary N) is 1. The molecule has 0 aliphatic carbocycles. The van der Waals surface area contributed by atoms with Crippen molar-refractivity contribution in [2.24, 2.45) is 0 Å². The minimum absolute atomic E-state index is 0.327. The van der Waals surface area contributed by atoms with E-state index in [-0.39, 0.29) is 0 Å². The second-order valence-electron chi connectivity index (χ2n) is 6.58. The van der Waals surface area contributed by atoms with Crippen molar-refractivity contribution in [2.75, 3.05) is 54.5 Å². The van der Waals surface area contributed by atoms with Gasteiger partial charge in [0.2, 0.25) is 5.95 Å². The standard InChI is InChI=1S/C19H22N6O/c20-13-15-2-1-3-17(12-15)25-7-5-16(14-25)22-18-4-6-21-19(23-18)24-8-10-26-11-9-24/h1-4,6,12,16H,5,7-11,14H2,(H,21,22,23). The molecule has 2 aliphatic heterocycles. The summed E-state index contributed by atoms with van der Waals surface area (Å²) in [6, 6.07) is 12.2. The fraction of sp³-hybridized carbons (Fsp3) is 0.421. The van der Waals surface area contributed by atoms with Crippen molar-refractivity contribution in [1.82, 2.24) is 9.97 Å². The smallest absolute Gasteiger partial charge is 0.227 e. The van der Waals surface area contributed by atoms with Crippen LogP contribution < -0.4 is 15.1 Å². The lowest BCUT2D eigenvalue weighted by Gasteiger charge is -2.27. The molecule has 3 heterocycles. The number of hydrogen-bond donors (Lipinski definition) is 1. The first kappa shape index (κ1) is 16.6. The lowest BCUT2D eigenvalue weighted by atomic mass is 10.2. The number of nitrogens with zero attached hydrogens (tertiary/aromatic N) is 5. The Labute approximate surface area is 153 Å². The lowest BCUT2D eigenvalue weighted by Crippen LogP contribution is -2.37. The Bertz CT molecular complexity index is 799. The van der Waals surface area contributed by atoms with Gasteiger partial charge in [0.1, 0.15) is 5.82 Å². The first-order chi connectivity index (χ1) is 12.8. The van der Waals surface area contributed by atoms with E-state index in [1.165, 1.54) is 0 Å². The molecule has 0 bridgehead atoms. The van der Waals surface area contributed by atoms with Crippen LogP contribution in [0.1, 0.15) is 12.0 Å². The van der Waals surface area contributed by atoms with E-state index in [1.54, 1.807) is 0 Å². The zero-order chi connectivity index (χ0) is 17.8. The molecule has 1 aromatic heterocycles. The Balaban J connectivity index is 1.40. The summed E-state index contributed by atoms with van der Waals surface area (Å²) in [4.78, 5) is 13.5. The van der Waals surface area contributed by atoms with Crippen molar-refractivity contribution in [1.29, 1.82) is 5.26 Å². The van der Waals surface area contributed by atoms with Crippen LogP contribution in [0.4, 0.5) is 17.5 Å². The first-order valence-corrected chi connectivity index (χ1v) is 8.99. The highest BCUT2D eigenvalue weighted by atomic mass is 16.5. The van der Waals surface area contributed by atoms with Gasteiger partial charge in [-0.3, -0.25) is 0 Å². The molecule has 1 aromatic carbocycles. The van der Waals surface area contributed by atoms with Crippen LogP contribution >= 0.6 is 0 Å². The second kappa shape index (κ2) is 7.58. The summed E-state index contributed by atoms with van der Waals surface area (Å²) in [7, 11) is 0. The van der Waals surface area contributed by atoms with Gasteiger partial charge in [-0.25, -0.2) is 4.98 Å². The third kappa shape index (κ3) is 3.70. The Morgan fingerprint density at radius 1 is 1.15 bits per heavy atom. The number of morpholine rings is 1. The molecular weight excluding hydrogens is 328 g/mol. The molecule has 2 saturated heterocycles. The molecule has 2 aromatic rings. The molecule has 134 valence electrons. The topological polar surface area (TPSA) is 77.3 Å². The normalized spacial score (nSPS) is 20.0. The summed E-state index contributed by atoms with van der Waals surface area (Å²) in [5, 5.41) is 12.6. The minimum atomic E-state index is 0.327. The minimum Gasteiger partial charge on any atom is -0.378 e. The third-order valence-corrected chi connectivity index (χ3v) is 4.82. The molecule has 4 rings (SSSR count). The van der Waals surface area contributed by atoms with Gasteiger partial charge in [-0.15, -0.1) is 0 Å². The molecule has 0 radical (unpaired) electrons. The van der Waals surface area contributed by atoms with Crippen LogP contribution in [-0.2, 0) is 4.74 Å². The maximum atomic E-state index is 9.08. The number of benzene rings is 1. The van der Waals surface area contributed by atoms with Gasteiger partial charge in [-0.1, -0.05) is 6.07 Å². The first-order valence-electron chi connectivity index (χ1n) is 8.99. The lowest BCUT2D eigenvalue weighted by molar-refractivity contribution is 0.122. The number of anilines is 3. The molecular formula is C19H22N6O. The summed E-state index contributed by atoms with van der Waals surface area (Å²) in [5.74, 6) is 1.62. The van der Waals surface area contributed by atoms with Crippen molar-refractivity contribution >= 4 is 17.5 Å². The van der Waals surface area contributed by atoms with Gasteiger partial charge in [0.25, 0.3) is 0 Å². The summed E-state index contributed by atoms with van der Waals surface area (Å²) in [5.41, 5.74) is 1.80. The fourth-order valence-electron chi connectivity index (χ4n) is 3.44. The van der Waals surface area contributed by atoms with Gasteiger partial charge in [0, 0.05) is 44.1 Å².